The minimum atomic E-state index is -0.413. The van der Waals surface area contributed by atoms with Crippen molar-refractivity contribution in [2.45, 2.75) is 18.6 Å². The highest BCUT2D eigenvalue weighted by Crippen LogP contribution is 2.43. The van der Waals surface area contributed by atoms with Crippen LogP contribution in [-0.2, 0) is 16.9 Å². The molecule has 130 valence electrons. The number of rotatable bonds is 1. The van der Waals surface area contributed by atoms with Crippen molar-refractivity contribution in [3.8, 4) is 0 Å². The third kappa shape index (κ3) is 2.21. The van der Waals surface area contributed by atoms with E-state index in [9.17, 15) is 9.59 Å². The number of H-pyrrole nitrogens is 1. The van der Waals surface area contributed by atoms with Crippen molar-refractivity contribution in [3.63, 3.8) is 0 Å². The fourth-order valence-corrected chi connectivity index (χ4v) is 4.16. The first-order valence-corrected chi connectivity index (χ1v) is 8.80. The molecule has 1 N–H and O–H groups in total. The Morgan fingerprint density at radius 2 is 1.92 bits per heavy atom. The van der Waals surface area contributed by atoms with Crippen LogP contribution in [0.25, 0.3) is 10.9 Å². The lowest BCUT2D eigenvalue weighted by Gasteiger charge is -2.24. The number of ether oxygens (including phenoxy) is 1. The Hall–Kier alpha value is -2.92. The molecule has 3 heterocycles. The van der Waals surface area contributed by atoms with E-state index in [-0.39, 0.29) is 11.3 Å². The summed E-state index contributed by atoms with van der Waals surface area (Å²) in [5.41, 5.74) is 2.84. The van der Waals surface area contributed by atoms with Gasteiger partial charge in [-0.3, -0.25) is 9.59 Å². The highest BCUT2D eigenvalue weighted by Gasteiger charge is 2.46. The topological polar surface area (TPSA) is 62.4 Å². The zero-order valence-electron chi connectivity index (χ0n) is 14.2. The molecule has 0 radical (unpaired) electrons. The number of benzene rings is 2. The Kier molecular flexibility index (Phi) is 3.27. The number of para-hydroxylation sites is 1. The standard InChI is InChI=1S/C21H18N2O3/c24-19-11-18(22-17-8-4-2-6-15(17)19)20(25)23-10-9-21(13-23)16-7-3-1-5-14(16)12-26-21/h1-8,11H,9-10,12-13H2,(H,22,24). The van der Waals surface area contributed by atoms with Gasteiger partial charge in [0.25, 0.3) is 5.91 Å². The molecule has 1 aromatic heterocycles. The monoisotopic (exact) mass is 346 g/mol. The number of carbonyl (C=O) groups is 1. The van der Waals surface area contributed by atoms with Gasteiger partial charge in [0.05, 0.1) is 13.2 Å². The summed E-state index contributed by atoms with van der Waals surface area (Å²) in [6.07, 6.45) is 0.771. The molecule has 1 fully saturated rings. The minimum Gasteiger partial charge on any atom is -0.364 e. The summed E-state index contributed by atoms with van der Waals surface area (Å²) < 4.78 is 6.12. The summed E-state index contributed by atoms with van der Waals surface area (Å²) in [5.74, 6) is -0.155. The molecule has 5 heteroatoms. The first-order chi connectivity index (χ1) is 12.7. The third-order valence-electron chi connectivity index (χ3n) is 5.50. The van der Waals surface area contributed by atoms with Crippen LogP contribution in [0.5, 0.6) is 0 Å². The second-order valence-corrected chi connectivity index (χ2v) is 7.01. The summed E-state index contributed by atoms with van der Waals surface area (Å²) in [6.45, 7) is 1.71. The number of likely N-dealkylation sites (tertiary alicyclic amines) is 1. The molecular formula is C21H18N2O3. The van der Waals surface area contributed by atoms with Crippen LogP contribution in [0, 0.1) is 0 Å². The Morgan fingerprint density at radius 3 is 2.85 bits per heavy atom. The lowest BCUT2D eigenvalue weighted by Crippen LogP contribution is -2.35. The van der Waals surface area contributed by atoms with Gasteiger partial charge >= 0.3 is 0 Å². The van der Waals surface area contributed by atoms with Gasteiger partial charge in [-0.25, -0.2) is 0 Å². The molecule has 1 atom stereocenters. The number of nitrogens with zero attached hydrogens (tertiary/aromatic N) is 1. The Balaban J connectivity index is 1.47. The van der Waals surface area contributed by atoms with E-state index in [1.54, 1.807) is 11.0 Å². The van der Waals surface area contributed by atoms with Crippen molar-refractivity contribution >= 4 is 16.8 Å². The Bertz CT molecular complexity index is 1090. The molecule has 3 aromatic rings. The molecule has 1 unspecified atom stereocenters. The number of hydrogen-bond acceptors (Lipinski definition) is 3. The van der Waals surface area contributed by atoms with Crippen molar-refractivity contribution in [1.29, 1.82) is 0 Å². The summed E-state index contributed by atoms with van der Waals surface area (Å²) in [7, 11) is 0. The van der Waals surface area contributed by atoms with Gasteiger partial charge in [0, 0.05) is 23.5 Å². The zero-order valence-corrected chi connectivity index (χ0v) is 14.2. The SMILES string of the molecule is O=C(c1cc(=O)c2ccccc2[nH]1)N1CCC2(C1)OCc1ccccc12. The van der Waals surface area contributed by atoms with Gasteiger partial charge in [0.2, 0.25) is 0 Å². The van der Waals surface area contributed by atoms with Crippen LogP contribution in [-0.4, -0.2) is 28.9 Å². The highest BCUT2D eigenvalue weighted by atomic mass is 16.5. The lowest BCUT2D eigenvalue weighted by molar-refractivity contribution is -0.0283. The maximum Gasteiger partial charge on any atom is 0.270 e. The number of carbonyl (C=O) groups excluding carboxylic acids is 1. The zero-order chi connectivity index (χ0) is 17.7. The van der Waals surface area contributed by atoms with Gasteiger partial charge < -0.3 is 14.6 Å². The predicted molar refractivity (Wildman–Crippen MR) is 98.0 cm³/mol. The molecule has 5 nitrogen and oxygen atoms in total. The first-order valence-electron chi connectivity index (χ1n) is 8.80. The molecule has 1 amide bonds. The minimum absolute atomic E-state index is 0.140. The second-order valence-electron chi connectivity index (χ2n) is 7.01. The third-order valence-corrected chi connectivity index (χ3v) is 5.50. The smallest absolute Gasteiger partial charge is 0.270 e. The number of hydrogen-bond donors (Lipinski definition) is 1. The molecular weight excluding hydrogens is 328 g/mol. The van der Waals surface area contributed by atoms with E-state index in [0.29, 0.717) is 36.3 Å². The first kappa shape index (κ1) is 15.3. The number of amides is 1. The maximum absolute atomic E-state index is 13.0. The fraction of sp³-hybridized carbons (Fsp3) is 0.238. The van der Waals surface area contributed by atoms with E-state index in [2.05, 4.69) is 17.1 Å². The van der Waals surface area contributed by atoms with Crippen molar-refractivity contribution in [3.05, 3.63) is 81.6 Å². The van der Waals surface area contributed by atoms with Gasteiger partial charge in [-0.2, -0.15) is 0 Å². The van der Waals surface area contributed by atoms with Gasteiger partial charge in [-0.1, -0.05) is 36.4 Å². The molecule has 0 saturated carbocycles. The van der Waals surface area contributed by atoms with Gasteiger partial charge in [-0.15, -0.1) is 0 Å². The average molecular weight is 346 g/mol. The molecule has 1 saturated heterocycles. The molecule has 0 bridgehead atoms. The van der Waals surface area contributed by atoms with Crippen LogP contribution >= 0.6 is 0 Å². The summed E-state index contributed by atoms with van der Waals surface area (Å²) >= 11 is 0. The van der Waals surface area contributed by atoms with Crippen molar-refractivity contribution in [2.24, 2.45) is 0 Å². The van der Waals surface area contributed by atoms with Crippen LogP contribution in [0.2, 0.25) is 0 Å². The number of nitrogens with one attached hydrogen (secondary N) is 1. The Labute approximate surface area is 150 Å². The van der Waals surface area contributed by atoms with Crippen LogP contribution in [0.15, 0.2) is 59.4 Å². The van der Waals surface area contributed by atoms with Gasteiger partial charge in [-0.05, 0) is 29.7 Å². The fourth-order valence-electron chi connectivity index (χ4n) is 4.16. The summed E-state index contributed by atoms with van der Waals surface area (Å²) in [6, 6.07) is 16.8. The van der Waals surface area contributed by atoms with E-state index in [1.165, 1.54) is 17.2 Å². The van der Waals surface area contributed by atoms with Crippen molar-refractivity contribution < 1.29 is 9.53 Å². The van der Waals surface area contributed by atoms with E-state index >= 15 is 0 Å². The van der Waals surface area contributed by atoms with Crippen LogP contribution in [0.4, 0.5) is 0 Å². The van der Waals surface area contributed by atoms with E-state index in [1.807, 2.05) is 30.3 Å². The quantitative estimate of drug-likeness (QED) is 0.737. The van der Waals surface area contributed by atoms with E-state index in [0.717, 1.165) is 6.42 Å². The van der Waals surface area contributed by atoms with E-state index < -0.39 is 5.60 Å². The maximum atomic E-state index is 13.0. The predicted octanol–water partition coefficient (Wildman–Crippen LogP) is 2.80. The van der Waals surface area contributed by atoms with Crippen molar-refractivity contribution in [2.75, 3.05) is 13.1 Å². The highest BCUT2D eigenvalue weighted by molar-refractivity contribution is 5.95. The average Bonchev–Trinajstić information content (AvgIpc) is 3.27. The van der Waals surface area contributed by atoms with Crippen molar-refractivity contribution in [1.82, 2.24) is 9.88 Å². The molecule has 2 aromatic carbocycles. The normalized spacial score (nSPS) is 21.5. The number of aromatic amines is 1. The molecule has 0 aliphatic carbocycles. The second kappa shape index (κ2) is 5.54. The molecule has 26 heavy (non-hydrogen) atoms. The molecule has 2 aliphatic rings. The summed E-state index contributed by atoms with van der Waals surface area (Å²) in [5, 5.41) is 0.593. The number of fused-ring (bicyclic) bond motifs is 3. The van der Waals surface area contributed by atoms with Gasteiger partial charge in [0.1, 0.15) is 11.3 Å². The van der Waals surface area contributed by atoms with Crippen LogP contribution in [0.1, 0.15) is 28.0 Å². The summed E-state index contributed by atoms with van der Waals surface area (Å²) in [4.78, 5) is 30.2. The van der Waals surface area contributed by atoms with Gasteiger partial charge in [0.15, 0.2) is 5.43 Å². The van der Waals surface area contributed by atoms with E-state index in [4.69, 9.17) is 4.74 Å². The molecule has 1 spiro atoms. The number of pyridine rings is 1. The molecule has 2 aliphatic heterocycles. The largest absolute Gasteiger partial charge is 0.364 e. The van der Waals surface area contributed by atoms with Crippen LogP contribution in [0.3, 0.4) is 0 Å². The molecule has 5 rings (SSSR count). The number of aromatic nitrogens is 1. The lowest BCUT2D eigenvalue weighted by atomic mass is 9.92. The Morgan fingerprint density at radius 1 is 1.12 bits per heavy atom. The van der Waals surface area contributed by atoms with Crippen LogP contribution < -0.4 is 5.43 Å².